The van der Waals surface area contributed by atoms with Crippen LogP contribution < -0.4 is 10.6 Å². The maximum absolute atomic E-state index is 12.6. The number of esters is 1. The Morgan fingerprint density at radius 2 is 1.97 bits per heavy atom. The third-order valence-electron chi connectivity index (χ3n) is 5.54. The van der Waals surface area contributed by atoms with Crippen molar-refractivity contribution in [2.45, 2.75) is 31.8 Å². The summed E-state index contributed by atoms with van der Waals surface area (Å²) in [7, 11) is 3.24. The van der Waals surface area contributed by atoms with E-state index < -0.39 is 5.97 Å². The van der Waals surface area contributed by atoms with Gasteiger partial charge in [0, 0.05) is 23.3 Å². The summed E-state index contributed by atoms with van der Waals surface area (Å²) in [5, 5.41) is 6.23. The molecule has 1 saturated heterocycles. The molecule has 0 bridgehead atoms. The Kier molecular flexibility index (Phi) is 8.63. The monoisotopic (exact) mass is 469 g/mol. The number of halogens is 1. The van der Waals surface area contributed by atoms with Crippen LogP contribution in [0.4, 0.5) is 5.69 Å². The van der Waals surface area contributed by atoms with Gasteiger partial charge in [0.25, 0.3) is 0 Å². The quantitative estimate of drug-likeness (QED) is 0.474. The van der Waals surface area contributed by atoms with Crippen molar-refractivity contribution in [2.24, 2.45) is 0 Å². The molecule has 1 unspecified atom stereocenters. The second kappa shape index (κ2) is 11.6. The molecule has 2 aromatic rings. The second-order valence-corrected chi connectivity index (χ2v) is 8.37. The first kappa shape index (κ1) is 24.5. The number of ether oxygens (including phenoxy) is 1. The van der Waals surface area contributed by atoms with Crippen molar-refractivity contribution < 1.29 is 19.1 Å². The van der Waals surface area contributed by atoms with Gasteiger partial charge in [-0.05, 0) is 67.9 Å². The lowest BCUT2D eigenvalue weighted by atomic mass is 10.0. The van der Waals surface area contributed by atoms with E-state index in [0.717, 1.165) is 25.8 Å². The van der Waals surface area contributed by atoms with Crippen LogP contribution in [-0.4, -0.2) is 49.4 Å². The molecular formula is C25H28ClN3O4. The number of hydrogen-bond donors (Lipinski definition) is 2. The summed E-state index contributed by atoms with van der Waals surface area (Å²) < 4.78 is 4.83. The number of likely N-dealkylation sites (N-methyl/N-ethyl adjacent to an activating group) is 1. The first-order chi connectivity index (χ1) is 15.9. The van der Waals surface area contributed by atoms with Crippen LogP contribution in [0.2, 0.25) is 5.02 Å². The molecule has 8 heteroatoms. The van der Waals surface area contributed by atoms with Crippen LogP contribution in [-0.2, 0) is 20.9 Å². The highest BCUT2D eigenvalue weighted by molar-refractivity contribution is 6.32. The fourth-order valence-electron chi connectivity index (χ4n) is 3.77. The number of carbonyl (C=O) groups excluding carboxylic acids is 3. The number of benzene rings is 2. The highest BCUT2D eigenvalue weighted by Crippen LogP contribution is 2.19. The molecule has 3 rings (SSSR count). The van der Waals surface area contributed by atoms with E-state index in [1.54, 1.807) is 30.3 Å². The Labute approximate surface area is 198 Å². The van der Waals surface area contributed by atoms with Crippen molar-refractivity contribution in [1.82, 2.24) is 10.2 Å². The second-order valence-electron chi connectivity index (χ2n) is 7.96. The van der Waals surface area contributed by atoms with Crippen molar-refractivity contribution in [1.29, 1.82) is 0 Å². The molecule has 1 fully saturated rings. The molecule has 33 heavy (non-hydrogen) atoms. The predicted molar refractivity (Wildman–Crippen MR) is 129 cm³/mol. The van der Waals surface area contributed by atoms with Crippen LogP contribution in [0.15, 0.2) is 48.5 Å². The van der Waals surface area contributed by atoms with Gasteiger partial charge in [-0.1, -0.05) is 36.2 Å². The largest absolute Gasteiger partial charge is 0.465 e. The van der Waals surface area contributed by atoms with Gasteiger partial charge in [-0.2, -0.15) is 0 Å². The van der Waals surface area contributed by atoms with Gasteiger partial charge in [0.05, 0.1) is 18.7 Å². The molecule has 174 valence electrons. The number of methoxy groups -OCH3 is 1. The Balaban J connectivity index is 1.71. The summed E-state index contributed by atoms with van der Waals surface area (Å²) in [6.07, 6.45) is 5.92. The average Bonchev–Trinajstić information content (AvgIpc) is 2.81. The van der Waals surface area contributed by atoms with Gasteiger partial charge in [0.2, 0.25) is 11.8 Å². The zero-order chi connectivity index (χ0) is 23.8. The molecule has 1 aliphatic rings. The van der Waals surface area contributed by atoms with Crippen LogP contribution in [0.3, 0.4) is 0 Å². The fourth-order valence-corrected chi connectivity index (χ4v) is 3.97. The molecular weight excluding hydrogens is 442 g/mol. The van der Waals surface area contributed by atoms with E-state index in [1.165, 1.54) is 19.3 Å². The summed E-state index contributed by atoms with van der Waals surface area (Å²) in [5.41, 5.74) is 2.10. The number of nitrogens with zero attached hydrogens (tertiary/aromatic N) is 1. The normalized spacial score (nSPS) is 16.4. The molecule has 2 amide bonds. The number of carbonyl (C=O) groups is 3. The topological polar surface area (TPSA) is 87.7 Å². The van der Waals surface area contributed by atoms with Crippen molar-refractivity contribution >= 4 is 41.1 Å². The zero-order valence-corrected chi connectivity index (χ0v) is 19.5. The van der Waals surface area contributed by atoms with E-state index in [2.05, 4.69) is 15.5 Å². The Morgan fingerprint density at radius 1 is 1.18 bits per heavy atom. The standard InChI is InChI=1S/C25H28ClN3O4/c1-29-12-6-5-9-22(29)24(31)27-16-17-13-19(25(32)33-2)15-20(14-17)28-23(30)11-10-18-7-3-4-8-21(18)26/h3-4,7-8,10-11,13-15,22H,5-6,9,12,16H2,1-2H3,(H,27,31)(H,28,30)/b11-10+. The summed E-state index contributed by atoms with van der Waals surface area (Å²) >= 11 is 6.11. The average molecular weight is 470 g/mol. The fraction of sp³-hybridized carbons (Fsp3) is 0.320. The Bertz CT molecular complexity index is 1050. The first-order valence-corrected chi connectivity index (χ1v) is 11.2. The van der Waals surface area contributed by atoms with Gasteiger partial charge < -0.3 is 15.4 Å². The van der Waals surface area contributed by atoms with Gasteiger partial charge in [0.15, 0.2) is 0 Å². The molecule has 0 spiro atoms. The van der Waals surface area contributed by atoms with Gasteiger partial charge >= 0.3 is 5.97 Å². The van der Waals surface area contributed by atoms with E-state index in [-0.39, 0.29) is 30.0 Å². The van der Waals surface area contributed by atoms with E-state index in [1.807, 2.05) is 19.2 Å². The van der Waals surface area contributed by atoms with Crippen molar-refractivity contribution in [2.75, 3.05) is 26.0 Å². The number of nitrogens with one attached hydrogen (secondary N) is 2. The summed E-state index contributed by atoms with van der Waals surface area (Å²) in [6, 6.07) is 11.9. The number of anilines is 1. The van der Waals surface area contributed by atoms with E-state index in [9.17, 15) is 14.4 Å². The summed E-state index contributed by atoms with van der Waals surface area (Å²) in [4.78, 5) is 39.2. The zero-order valence-electron chi connectivity index (χ0n) is 18.8. The number of likely N-dealkylation sites (tertiary alicyclic amines) is 1. The molecule has 2 N–H and O–H groups in total. The smallest absolute Gasteiger partial charge is 0.337 e. The number of amides is 2. The highest BCUT2D eigenvalue weighted by Gasteiger charge is 2.25. The van der Waals surface area contributed by atoms with Crippen LogP contribution in [0, 0.1) is 0 Å². The van der Waals surface area contributed by atoms with Crippen molar-refractivity contribution in [3.63, 3.8) is 0 Å². The lowest BCUT2D eigenvalue weighted by Gasteiger charge is -2.31. The van der Waals surface area contributed by atoms with Crippen LogP contribution >= 0.6 is 11.6 Å². The highest BCUT2D eigenvalue weighted by atomic mass is 35.5. The minimum Gasteiger partial charge on any atom is -0.465 e. The minimum absolute atomic E-state index is 0.0473. The minimum atomic E-state index is -0.530. The van der Waals surface area contributed by atoms with Gasteiger partial charge in [-0.3, -0.25) is 14.5 Å². The van der Waals surface area contributed by atoms with E-state index in [4.69, 9.17) is 16.3 Å². The number of piperidine rings is 1. The van der Waals surface area contributed by atoms with Crippen LogP contribution in [0.1, 0.15) is 40.7 Å². The predicted octanol–water partition coefficient (Wildman–Crippen LogP) is 3.88. The Hall–Kier alpha value is -3.16. The summed E-state index contributed by atoms with van der Waals surface area (Å²) in [5.74, 6) is -0.956. The SMILES string of the molecule is COC(=O)c1cc(CNC(=O)C2CCCCN2C)cc(NC(=O)/C=C/c2ccccc2Cl)c1. The number of hydrogen-bond acceptors (Lipinski definition) is 5. The molecule has 1 heterocycles. The lowest BCUT2D eigenvalue weighted by Crippen LogP contribution is -2.47. The van der Waals surface area contributed by atoms with Gasteiger partial charge in [-0.15, -0.1) is 0 Å². The molecule has 0 radical (unpaired) electrons. The maximum Gasteiger partial charge on any atom is 0.337 e. The van der Waals surface area contributed by atoms with Gasteiger partial charge in [-0.25, -0.2) is 4.79 Å². The maximum atomic E-state index is 12.6. The molecule has 2 aromatic carbocycles. The molecule has 0 aliphatic carbocycles. The third-order valence-corrected chi connectivity index (χ3v) is 5.88. The number of rotatable bonds is 7. The molecule has 0 aromatic heterocycles. The van der Waals surface area contributed by atoms with Crippen LogP contribution in [0.5, 0.6) is 0 Å². The summed E-state index contributed by atoms with van der Waals surface area (Å²) in [6.45, 7) is 1.13. The third kappa shape index (κ3) is 6.91. The molecule has 1 atom stereocenters. The van der Waals surface area contributed by atoms with E-state index >= 15 is 0 Å². The lowest BCUT2D eigenvalue weighted by molar-refractivity contribution is -0.127. The molecule has 1 aliphatic heterocycles. The first-order valence-electron chi connectivity index (χ1n) is 10.8. The van der Waals surface area contributed by atoms with Crippen LogP contribution in [0.25, 0.3) is 6.08 Å². The molecule has 7 nitrogen and oxygen atoms in total. The van der Waals surface area contributed by atoms with E-state index in [0.29, 0.717) is 21.8 Å². The van der Waals surface area contributed by atoms with Crippen molar-refractivity contribution in [3.05, 3.63) is 70.3 Å². The Morgan fingerprint density at radius 3 is 2.70 bits per heavy atom. The van der Waals surface area contributed by atoms with Gasteiger partial charge in [0.1, 0.15) is 0 Å². The van der Waals surface area contributed by atoms with Crippen molar-refractivity contribution in [3.8, 4) is 0 Å². The molecule has 0 saturated carbocycles.